The molecule has 1 aliphatic rings. The van der Waals surface area contributed by atoms with E-state index in [0.717, 1.165) is 12.8 Å². The molecule has 0 aliphatic heterocycles. The number of rotatable bonds is 2. The predicted molar refractivity (Wildman–Crippen MR) is 59.0 cm³/mol. The zero-order valence-corrected chi connectivity index (χ0v) is 9.99. The number of hydrogen-bond acceptors (Lipinski definition) is 1. The molecule has 14 heavy (non-hydrogen) atoms. The van der Waals surface area contributed by atoms with Crippen LogP contribution in [0.2, 0.25) is 4.82 Å². The van der Waals surface area contributed by atoms with E-state index in [1.807, 2.05) is 6.07 Å². The van der Waals surface area contributed by atoms with Crippen LogP contribution in [-0.2, 0) is 4.79 Å². The second-order valence-corrected chi connectivity index (χ2v) is 6.38. The number of carbonyl (C=O) groups is 1. The molecule has 1 aromatic carbocycles. The van der Waals surface area contributed by atoms with Crippen LogP contribution in [0, 0.1) is 5.92 Å². The van der Waals surface area contributed by atoms with Crippen LogP contribution in [0.1, 0.15) is 19.8 Å². The van der Waals surface area contributed by atoms with Crippen LogP contribution in [0.5, 0.6) is 0 Å². The number of ketones is 1. The van der Waals surface area contributed by atoms with Gasteiger partial charge in [0.2, 0.25) is 0 Å². The van der Waals surface area contributed by atoms with Crippen molar-refractivity contribution in [2.45, 2.75) is 24.6 Å². The molecule has 1 fully saturated rings. The standard InChI is InChI=1S/C12H14OSe/c1-9-7-8-11(13)12(9)14-10-5-3-2-4-6-10/h2-6,9,12H,7-8H2,1H3/t9?,12-/m0/s1. The van der Waals surface area contributed by atoms with Crippen molar-refractivity contribution in [1.29, 1.82) is 0 Å². The molecular weight excluding hydrogens is 239 g/mol. The summed E-state index contributed by atoms with van der Waals surface area (Å²) in [4.78, 5) is 11.9. The quantitative estimate of drug-likeness (QED) is 0.734. The molecule has 0 aromatic heterocycles. The fraction of sp³-hybridized carbons (Fsp3) is 0.417. The third-order valence-electron chi connectivity index (χ3n) is 2.69. The van der Waals surface area contributed by atoms with Crippen LogP contribution >= 0.6 is 0 Å². The van der Waals surface area contributed by atoms with Gasteiger partial charge in [0.1, 0.15) is 0 Å². The summed E-state index contributed by atoms with van der Waals surface area (Å²) in [5.41, 5.74) is 0. The van der Waals surface area contributed by atoms with E-state index in [9.17, 15) is 4.79 Å². The predicted octanol–water partition coefficient (Wildman–Crippen LogP) is 1.80. The Hall–Kier alpha value is -0.591. The Labute approximate surface area is 91.1 Å². The van der Waals surface area contributed by atoms with Gasteiger partial charge in [-0.2, -0.15) is 0 Å². The van der Waals surface area contributed by atoms with Gasteiger partial charge in [0.05, 0.1) is 0 Å². The Bertz CT molecular complexity index is 320. The van der Waals surface area contributed by atoms with Gasteiger partial charge in [-0.25, -0.2) is 0 Å². The molecule has 74 valence electrons. The van der Waals surface area contributed by atoms with E-state index in [1.54, 1.807) is 0 Å². The van der Waals surface area contributed by atoms with Crippen molar-refractivity contribution in [3.05, 3.63) is 30.3 Å². The summed E-state index contributed by atoms with van der Waals surface area (Å²) in [6.45, 7) is 2.21. The van der Waals surface area contributed by atoms with Gasteiger partial charge in [0, 0.05) is 0 Å². The van der Waals surface area contributed by atoms with Crippen LogP contribution in [-0.4, -0.2) is 20.7 Å². The molecule has 0 heterocycles. The van der Waals surface area contributed by atoms with E-state index in [2.05, 4.69) is 31.2 Å². The summed E-state index contributed by atoms with van der Waals surface area (Å²) in [5.74, 6) is 1.09. The molecule has 1 unspecified atom stereocenters. The fourth-order valence-corrected chi connectivity index (χ4v) is 4.38. The third kappa shape index (κ3) is 2.07. The SMILES string of the molecule is CC1CCC(=O)[C@H]1[Se]c1ccccc1. The average Bonchev–Trinajstić information content (AvgIpc) is 2.51. The van der Waals surface area contributed by atoms with Crippen molar-refractivity contribution in [3.63, 3.8) is 0 Å². The molecule has 0 bridgehead atoms. The molecule has 2 atom stereocenters. The van der Waals surface area contributed by atoms with Crippen molar-refractivity contribution in [2.75, 3.05) is 0 Å². The summed E-state index contributed by atoms with van der Waals surface area (Å²) < 4.78 is 1.35. The molecular formula is C12H14OSe. The summed E-state index contributed by atoms with van der Waals surface area (Å²) >= 11 is 0.342. The first-order valence-electron chi connectivity index (χ1n) is 5.02. The van der Waals surface area contributed by atoms with Gasteiger partial charge in [0.25, 0.3) is 0 Å². The van der Waals surface area contributed by atoms with Crippen molar-refractivity contribution in [1.82, 2.24) is 0 Å². The van der Waals surface area contributed by atoms with Crippen molar-refractivity contribution < 1.29 is 4.79 Å². The first-order chi connectivity index (χ1) is 6.77. The molecule has 1 nitrogen and oxygen atoms in total. The van der Waals surface area contributed by atoms with E-state index in [4.69, 9.17) is 0 Å². The Morgan fingerprint density at radius 2 is 2.00 bits per heavy atom. The summed E-state index contributed by atoms with van der Waals surface area (Å²) in [6, 6.07) is 10.4. The number of carbonyl (C=O) groups excluding carboxylic acids is 1. The molecule has 0 spiro atoms. The van der Waals surface area contributed by atoms with Gasteiger partial charge in [-0.15, -0.1) is 0 Å². The zero-order valence-electron chi connectivity index (χ0n) is 8.27. The minimum atomic E-state index is 0.338. The van der Waals surface area contributed by atoms with Crippen LogP contribution in [0.3, 0.4) is 0 Å². The van der Waals surface area contributed by atoms with E-state index < -0.39 is 0 Å². The van der Waals surface area contributed by atoms with E-state index in [1.165, 1.54) is 4.46 Å². The maximum atomic E-state index is 11.6. The minimum absolute atomic E-state index is 0.338. The van der Waals surface area contributed by atoms with Crippen LogP contribution in [0.25, 0.3) is 0 Å². The monoisotopic (exact) mass is 254 g/mol. The average molecular weight is 253 g/mol. The summed E-state index contributed by atoms with van der Waals surface area (Å²) in [6.07, 6.45) is 1.90. The molecule has 1 aromatic rings. The van der Waals surface area contributed by atoms with Crippen LogP contribution < -0.4 is 4.46 Å². The number of benzene rings is 1. The molecule has 0 radical (unpaired) electrons. The van der Waals surface area contributed by atoms with Gasteiger partial charge in [-0.3, -0.25) is 0 Å². The molecule has 0 N–H and O–H groups in total. The number of hydrogen-bond donors (Lipinski definition) is 0. The zero-order chi connectivity index (χ0) is 9.97. The Balaban J connectivity index is 2.07. The van der Waals surface area contributed by atoms with Gasteiger partial charge in [-0.05, 0) is 0 Å². The second kappa shape index (κ2) is 4.29. The molecule has 2 heteroatoms. The Kier molecular flexibility index (Phi) is 3.05. The first-order valence-corrected chi connectivity index (χ1v) is 6.86. The normalized spacial score (nSPS) is 26.8. The molecule has 0 saturated heterocycles. The summed E-state index contributed by atoms with van der Waals surface area (Å²) in [7, 11) is 0. The fourth-order valence-electron chi connectivity index (χ4n) is 1.81. The number of Topliss-reactive ketones (excluding diaryl/α,β-unsaturated/α-hetero) is 1. The third-order valence-corrected chi connectivity index (χ3v) is 5.89. The molecule has 1 saturated carbocycles. The van der Waals surface area contributed by atoms with E-state index in [0.29, 0.717) is 31.5 Å². The van der Waals surface area contributed by atoms with E-state index >= 15 is 0 Å². The van der Waals surface area contributed by atoms with Gasteiger partial charge in [-0.1, -0.05) is 0 Å². The van der Waals surface area contributed by atoms with Crippen molar-refractivity contribution in [2.24, 2.45) is 5.92 Å². The van der Waals surface area contributed by atoms with Crippen molar-refractivity contribution >= 4 is 25.2 Å². The topological polar surface area (TPSA) is 17.1 Å². The molecule has 2 rings (SSSR count). The Morgan fingerprint density at radius 1 is 1.29 bits per heavy atom. The van der Waals surface area contributed by atoms with Gasteiger partial charge >= 0.3 is 90.8 Å². The van der Waals surface area contributed by atoms with Gasteiger partial charge < -0.3 is 0 Å². The first kappa shape index (κ1) is 9.95. The van der Waals surface area contributed by atoms with Gasteiger partial charge in [0.15, 0.2) is 0 Å². The maximum absolute atomic E-state index is 11.6. The van der Waals surface area contributed by atoms with Crippen LogP contribution in [0.15, 0.2) is 30.3 Å². The Morgan fingerprint density at radius 3 is 2.57 bits per heavy atom. The van der Waals surface area contributed by atoms with E-state index in [-0.39, 0.29) is 0 Å². The summed E-state index contributed by atoms with van der Waals surface area (Å²) in [5, 5.41) is 0. The van der Waals surface area contributed by atoms with Crippen molar-refractivity contribution in [3.8, 4) is 0 Å². The molecule has 1 aliphatic carbocycles. The molecule has 0 amide bonds. The van der Waals surface area contributed by atoms with Crippen LogP contribution in [0.4, 0.5) is 0 Å². The second-order valence-electron chi connectivity index (χ2n) is 3.83.